The molecule has 0 bridgehead atoms. The number of ether oxygens (including phenoxy) is 2. The Morgan fingerprint density at radius 2 is 2.00 bits per heavy atom. The van der Waals surface area contributed by atoms with Crippen LogP contribution in [0.4, 0.5) is 4.39 Å². The number of methoxy groups -OCH3 is 2. The van der Waals surface area contributed by atoms with Gasteiger partial charge in [0, 0.05) is 11.6 Å². The molecule has 0 saturated carbocycles. The Morgan fingerprint density at radius 1 is 1.29 bits per heavy atom. The van der Waals surface area contributed by atoms with E-state index in [1.54, 1.807) is 0 Å². The van der Waals surface area contributed by atoms with Gasteiger partial charge in [0.25, 0.3) is 0 Å². The number of hydrogen-bond donors (Lipinski definition) is 1. The van der Waals surface area contributed by atoms with Crippen molar-refractivity contribution in [3.63, 3.8) is 0 Å². The molecule has 0 unspecified atom stereocenters. The highest BCUT2D eigenvalue weighted by Gasteiger charge is 2.18. The molecule has 0 amide bonds. The van der Waals surface area contributed by atoms with Crippen LogP contribution in [0, 0.1) is 5.82 Å². The van der Waals surface area contributed by atoms with Crippen LogP contribution in [0.3, 0.4) is 0 Å². The minimum absolute atomic E-state index is 0.0969. The molecular weight excluding hydrogens is 245 g/mol. The van der Waals surface area contributed by atoms with Gasteiger partial charge in [-0.3, -0.25) is 0 Å². The van der Waals surface area contributed by atoms with Crippen LogP contribution in [-0.4, -0.2) is 20.8 Å². The number of rotatable bonds is 6. The summed E-state index contributed by atoms with van der Waals surface area (Å²) in [4.78, 5) is 0. The summed E-state index contributed by atoms with van der Waals surface area (Å²) in [6.07, 6.45) is 2.31. The van der Waals surface area contributed by atoms with Gasteiger partial charge in [0.15, 0.2) is 11.5 Å². The van der Waals surface area contributed by atoms with Crippen molar-refractivity contribution in [2.24, 2.45) is 5.73 Å². The van der Waals surface area contributed by atoms with E-state index < -0.39 is 5.82 Å². The van der Waals surface area contributed by atoms with E-state index in [0.717, 1.165) is 12.8 Å². The summed E-state index contributed by atoms with van der Waals surface area (Å²) in [5, 5.41) is 0.0969. The quantitative estimate of drug-likeness (QED) is 0.801. The molecule has 1 aromatic carbocycles. The minimum Gasteiger partial charge on any atom is -0.493 e. The molecule has 0 aliphatic rings. The van der Waals surface area contributed by atoms with Gasteiger partial charge in [-0.15, -0.1) is 0 Å². The van der Waals surface area contributed by atoms with Crippen molar-refractivity contribution in [1.29, 1.82) is 0 Å². The van der Waals surface area contributed by atoms with Crippen LogP contribution in [0.1, 0.15) is 18.4 Å². The van der Waals surface area contributed by atoms with E-state index in [1.807, 2.05) is 0 Å². The van der Waals surface area contributed by atoms with Gasteiger partial charge in [-0.1, -0.05) is 11.6 Å². The summed E-state index contributed by atoms with van der Waals surface area (Å²) in [6.45, 7) is 0.604. The van der Waals surface area contributed by atoms with Gasteiger partial charge in [0.05, 0.1) is 19.2 Å². The lowest BCUT2D eigenvalue weighted by Crippen LogP contribution is -2.02. The maximum absolute atomic E-state index is 13.6. The highest BCUT2D eigenvalue weighted by Crippen LogP contribution is 2.38. The number of nitrogens with two attached hydrogens (primary N) is 1. The van der Waals surface area contributed by atoms with Crippen LogP contribution in [-0.2, 0) is 6.42 Å². The Kier molecular flexibility index (Phi) is 5.51. The van der Waals surface area contributed by atoms with Gasteiger partial charge in [-0.25, -0.2) is 4.39 Å². The van der Waals surface area contributed by atoms with Crippen molar-refractivity contribution < 1.29 is 13.9 Å². The molecule has 17 heavy (non-hydrogen) atoms. The predicted molar refractivity (Wildman–Crippen MR) is 66.5 cm³/mol. The molecule has 0 aliphatic heterocycles. The summed E-state index contributed by atoms with van der Waals surface area (Å²) >= 11 is 5.94. The van der Waals surface area contributed by atoms with Gasteiger partial charge in [-0.05, 0) is 25.8 Å². The number of unbranched alkanes of at least 4 members (excludes halogenated alkanes) is 1. The van der Waals surface area contributed by atoms with Crippen LogP contribution in [0.2, 0.25) is 5.02 Å². The first-order chi connectivity index (χ1) is 8.15. The number of benzene rings is 1. The molecule has 1 rings (SSSR count). The smallest absolute Gasteiger partial charge is 0.165 e. The molecule has 3 nitrogen and oxygen atoms in total. The molecule has 0 fully saturated rings. The van der Waals surface area contributed by atoms with Crippen molar-refractivity contribution in [3.05, 3.63) is 22.5 Å². The zero-order chi connectivity index (χ0) is 12.8. The topological polar surface area (TPSA) is 44.5 Å². The maximum Gasteiger partial charge on any atom is 0.165 e. The molecule has 5 heteroatoms. The second kappa shape index (κ2) is 6.67. The Labute approximate surface area is 106 Å². The fraction of sp³-hybridized carbons (Fsp3) is 0.500. The molecule has 0 heterocycles. The van der Waals surface area contributed by atoms with Crippen LogP contribution in [0.5, 0.6) is 11.5 Å². The van der Waals surface area contributed by atoms with E-state index in [4.69, 9.17) is 26.8 Å². The molecule has 0 saturated heterocycles. The van der Waals surface area contributed by atoms with Gasteiger partial charge < -0.3 is 15.2 Å². The molecule has 2 N–H and O–H groups in total. The van der Waals surface area contributed by atoms with E-state index in [9.17, 15) is 4.39 Å². The van der Waals surface area contributed by atoms with E-state index >= 15 is 0 Å². The molecule has 0 aromatic heterocycles. The van der Waals surface area contributed by atoms with E-state index in [1.165, 1.54) is 20.3 Å². The SMILES string of the molecule is COc1cc(F)c(Cl)c(CCCCN)c1OC. The summed E-state index contributed by atoms with van der Waals surface area (Å²) < 4.78 is 23.9. The Morgan fingerprint density at radius 3 is 2.53 bits per heavy atom. The first-order valence-electron chi connectivity index (χ1n) is 5.44. The summed E-state index contributed by atoms with van der Waals surface area (Å²) in [5.41, 5.74) is 6.06. The lowest BCUT2D eigenvalue weighted by molar-refractivity contribution is 0.348. The third-order valence-electron chi connectivity index (χ3n) is 2.54. The van der Waals surface area contributed by atoms with Crippen LogP contribution in [0.25, 0.3) is 0 Å². The third kappa shape index (κ3) is 3.23. The average Bonchev–Trinajstić information content (AvgIpc) is 2.34. The lowest BCUT2D eigenvalue weighted by atomic mass is 10.1. The van der Waals surface area contributed by atoms with E-state index in [0.29, 0.717) is 30.0 Å². The predicted octanol–water partition coefficient (Wildman–Crippen LogP) is 2.78. The summed E-state index contributed by atoms with van der Waals surface area (Å²) in [6, 6.07) is 1.23. The zero-order valence-electron chi connectivity index (χ0n) is 10.1. The Bertz CT molecular complexity index is 385. The third-order valence-corrected chi connectivity index (χ3v) is 2.94. The fourth-order valence-corrected chi connectivity index (χ4v) is 1.92. The zero-order valence-corrected chi connectivity index (χ0v) is 10.8. The number of halogens is 2. The summed E-state index contributed by atoms with van der Waals surface area (Å²) in [7, 11) is 2.98. The summed E-state index contributed by atoms with van der Waals surface area (Å²) in [5.74, 6) is 0.361. The molecular formula is C12H17ClFNO2. The van der Waals surface area contributed by atoms with Gasteiger partial charge in [0.1, 0.15) is 5.82 Å². The van der Waals surface area contributed by atoms with Gasteiger partial charge >= 0.3 is 0 Å². The minimum atomic E-state index is -0.493. The van der Waals surface area contributed by atoms with Crippen molar-refractivity contribution in [2.45, 2.75) is 19.3 Å². The lowest BCUT2D eigenvalue weighted by Gasteiger charge is -2.14. The first-order valence-corrected chi connectivity index (χ1v) is 5.82. The van der Waals surface area contributed by atoms with Crippen molar-refractivity contribution in [3.8, 4) is 11.5 Å². The highest BCUT2D eigenvalue weighted by molar-refractivity contribution is 6.31. The maximum atomic E-state index is 13.6. The Balaban J connectivity index is 3.09. The second-order valence-corrected chi connectivity index (χ2v) is 4.01. The van der Waals surface area contributed by atoms with Gasteiger partial charge in [-0.2, -0.15) is 0 Å². The molecule has 96 valence electrons. The molecule has 0 aliphatic carbocycles. The number of hydrogen-bond acceptors (Lipinski definition) is 3. The molecule has 1 aromatic rings. The van der Waals surface area contributed by atoms with Crippen molar-refractivity contribution in [1.82, 2.24) is 0 Å². The van der Waals surface area contributed by atoms with E-state index in [2.05, 4.69) is 0 Å². The average molecular weight is 262 g/mol. The van der Waals surface area contributed by atoms with Crippen LogP contribution in [0.15, 0.2) is 6.07 Å². The molecule has 0 radical (unpaired) electrons. The molecule has 0 spiro atoms. The Hall–Kier alpha value is -1.00. The fourth-order valence-electron chi connectivity index (χ4n) is 1.68. The normalized spacial score (nSPS) is 10.4. The largest absolute Gasteiger partial charge is 0.493 e. The van der Waals surface area contributed by atoms with Gasteiger partial charge in [0.2, 0.25) is 0 Å². The van der Waals surface area contributed by atoms with Crippen LogP contribution < -0.4 is 15.2 Å². The van der Waals surface area contributed by atoms with E-state index in [-0.39, 0.29) is 5.02 Å². The first kappa shape index (κ1) is 14.1. The van der Waals surface area contributed by atoms with Crippen LogP contribution >= 0.6 is 11.6 Å². The van der Waals surface area contributed by atoms with Crippen molar-refractivity contribution >= 4 is 11.6 Å². The monoisotopic (exact) mass is 261 g/mol. The second-order valence-electron chi connectivity index (χ2n) is 3.63. The standard InChI is InChI=1S/C12H17ClFNO2/c1-16-10-7-9(14)11(13)8(12(10)17-2)5-3-4-6-15/h7H,3-6,15H2,1-2H3. The highest BCUT2D eigenvalue weighted by atomic mass is 35.5. The molecule has 0 atom stereocenters. The van der Waals surface area contributed by atoms with Crippen molar-refractivity contribution in [2.75, 3.05) is 20.8 Å².